The van der Waals surface area contributed by atoms with Gasteiger partial charge in [-0.1, -0.05) is 37.7 Å². The summed E-state index contributed by atoms with van der Waals surface area (Å²) in [5.74, 6) is -2.06. The second-order valence-corrected chi connectivity index (χ2v) is 8.44. The lowest BCUT2D eigenvalue weighted by Crippen LogP contribution is -2.17. The molecule has 3 rings (SSSR count). The molecule has 170 valence electrons. The van der Waals surface area contributed by atoms with Crippen molar-refractivity contribution < 1.29 is 22.7 Å². The summed E-state index contributed by atoms with van der Waals surface area (Å²) in [7, 11) is 0. The van der Waals surface area contributed by atoms with Crippen LogP contribution in [0.4, 0.5) is 18.9 Å². The predicted molar refractivity (Wildman–Crippen MR) is 116 cm³/mol. The molecule has 0 bridgehead atoms. The van der Waals surface area contributed by atoms with Crippen LogP contribution in [-0.2, 0) is 11.3 Å². The first-order valence-corrected chi connectivity index (χ1v) is 10.9. The lowest BCUT2D eigenvalue weighted by molar-refractivity contribution is -0.113. The van der Waals surface area contributed by atoms with E-state index in [2.05, 4.69) is 15.5 Å². The van der Waals surface area contributed by atoms with E-state index >= 15 is 0 Å². The summed E-state index contributed by atoms with van der Waals surface area (Å²) in [5, 5.41) is 11.4. The average molecular weight is 465 g/mol. The van der Waals surface area contributed by atoms with Gasteiger partial charge in [-0.15, -0.1) is 10.2 Å². The SMILES string of the molecule is CC(C)Cn1c(SCC(=O)Nc2ccc(F)c(F)c2)nnc1C(C)Oc1ccccc1F. The molecule has 0 spiro atoms. The van der Waals surface area contributed by atoms with Crippen molar-refractivity contribution in [3.05, 3.63) is 65.7 Å². The maximum Gasteiger partial charge on any atom is 0.234 e. The minimum absolute atomic E-state index is 0.0161. The zero-order chi connectivity index (χ0) is 23.3. The number of nitrogens with one attached hydrogen (secondary N) is 1. The number of hydrogen-bond acceptors (Lipinski definition) is 5. The highest BCUT2D eigenvalue weighted by Gasteiger charge is 2.22. The molecule has 0 aliphatic heterocycles. The van der Waals surface area contributed by atoms with E-state index in [1.165, 1.54) is 18.2 Å². The number of anilines is 1. The second kappa shape index (κ2) is 10.5. The van der Waals surface area contributed by atoms with Gasteiger partial charge >= 0.3 is 0 Å². The smallest absolute Gasteiger partial charge is 0.234 e. The first-order chi connectivity index (χ1) is 15.2. The zero-order valence-electron chi connectivity index (χ0n) is 17.8. The number of para-hydroxylation sites is 1. The first kappa shape index (κ1) is 23.6. The number of ether oxygens (including phenoxy) is 1. The molecule has 1 unspecified atom stereocenters. The van der Waals surface area contributed by atoms with Crippen molar-refractivity contribution in [3.63, 3.8) is 0 Å². The third-order valence-corrected chi connectivity index (χ3v) is 5.30. The van der Waals surface area contributed by atoms with E-state index in [-0.39, 0.29) is 23.1 Å². The Morgan fingerprint density at radius 3 is 2.50 bits per heavy atom. The van der Waals surface area contributed by atoms with Gasteiger partial charge in [-0.05, 0) is 37.1 Å². The number of hydrogen-bond donors (Lipinski definition) is 1. The third-order valence-electron chi connectivity index (χ3n) is 4.33. The molecule has 0 saturated carbocycles. The quantitative estimate of drug-likeness (QED) is 0.440. The Labute approximate surface area is 188 Å². The van der Waals surface area contributed by atoms with E-state index in [9.17, 15) is 18.0 Å². The Morgan fingerprint density at radius 2 is 1.81 bits per heavy atom. The maximum absolute atomic E-state index is 14.0. The average Bonchev–Trinajstić information content (AvgIpc) is 3.13. The number of amides is 1. The van der Waals surface area contributed by atoms with E-state index in [0.29, 0.717) is 17.5 Å². The molecule has 0 aliphatic rings. The zero-order valence-corrected chi connectivity index (χ0v) is 18.6. The Bertz CT molecular complexity index is 1090. The number of thioether (sulfide) groups is 1. The number of aromatic nitrogens is 3. The Kier molecular flexibility index (Phi) is 7.79. The lowest BCUT2D eigenvalue weighted by Gasteiger charge is -2.18. The van der Waals surface area contributed by atoms with Crippen molar-refractivity contribution in [1.29, 1.82) is 0 Å². The molecule has 1 heterocycles. The van der Waals surface area contributed by atoms with Gasteiger partial charge in [0.2, 0.25) is 5.91 Å². The van der Waals surface area contributed by atoms with Crippen molar-refractivity contribution in [1.82, 2.24) is 14.8 Å². The van der Waals surface area contributed by atoms with Crippen molar-refractivity contribution >= 4 is 23.4 Å². The standard InChI is InChI=1S/C22H23F3N4O2S/c1-13(2)11-29-21(14(3)31-19-7-5-4-6-17(19)24)27-28-22(29)32-12-20(30)26-15-8-9-16(23)18(25)10-15/h4-10,13-14H,11-12H2,1-3H3,(H,26,30). The fraction of sp³-hybridized carbons (Fsp3) is 0.318. The van der Waals surface area contributed by atoms with Gasteiger partial charge in [0.1, 0.15) is 0 Å². The number of carbonyl (C=O) groups excluding carboxylic acids is 1. The topological polar surface area (TPSA) is 69.0 Å². The molecule has 1 atom stereocenters. The van der Waals surface area contributed by atoms with Gasteiger partial charge in [0.05, 0.1) is 5.75 Å². The van der Waals surface area contributed by atoms with Crippen LogP contribution in [0.5, 0.6) is 5.75 Å². The molecule has 3 aromatic rings. The minimum atomic E-state index is -1.04. The van der Waals surface area contributed by atoms with Crippen LogP contribution in [0.2, 0.25) is 0 Å². The van der Waals surface area contributed by atoms with Crippen molar-refractivity contribution in [3.8, 4) is 5.75 Å². The van der Waals surface area contributed by atoms with Crippen LogP contribution in [0.3, 0.4) is 0 Å². The van der Waals surface area contributed by atoms with Crippen LogP contribution < -0.4 is 10.1 Å². The number of rotatable bonds is 9. The molecule has 1 N–H and O–H groups in total. The minimum Gasteiger partial charge on any atom is -0.480 e. The summed E-state index contributed by atoms with van der Waals surface area (Å²) < 4.78 is 47.9. The molecule has 32 heavy (non-hydrogen) atoms. The van der Waals surface area contributed by atoms with E-state index in [4.69, 9.17) is 4.74 Å². The summed E-state index contributed by atoms with van der Waals surface area (Å²) >= 11 is 1.15. The van der Waals surface area contributed by atoms with Gasteiger partial charge in [-0.3, -0.25) is 4.79 Å². The van der Waals surface area contributed by atoms with Gasteiger partial charge in [0, 0.05) is 18.3 Å². The van der Waals surface area contributed by atoms with Gasteiger partial charge in [0.25, 0.3) is 0 Å². The Morgan fingerprint density at radius 1 is 1.06 bits per heavy atom. The Hall–Kier alpha value is -3.01. The van der Waals surface area contributed by atoms with E-state index in [1.54, 1.807) is 19.1 Å². The van der Waals surface area contributed by atoms with Crippen molar-refractivity contribution in [2.75, 3.05) is 11.1 Å². The lowest BCUT2D eigenvalue weighted by atomic mass is 10.2. The normalized spacial score (nSPS) is 12.1. The van der Waals surface area contributed by atoms with Gasteiger partial charge < -0.3 is 14.6 Å². The number of nitrogens with zero attached hydrogens (tertiary/aromatic N) is 3. The van der Waals surface area contributed by atoms with E-state index < -0.39 is 29.5 Å². The van der Waals surface area contributed by atoms with Crippen LogP contribution in [0.25, 0.3) is 0 Å². The molecule has 1 amide bonds. The monoisotopic (exact) mass is 464 g/mol. The van der Waals surface area contributed by atoms with Crippen LogP contribution in [-0.4, -0.2) is 26.4 Å². The molecule has 0 radical (unpaired) electrons. The van der Waals surface area contributed by atoms with Crippen LogP contribution in [0.1, 0.15) is 32.7 Å². The van der Waals surface area contributed by atoms with Gasteiger partial charge in [-0.2, -0.15) is 0 Å². The molecule has 0 saturated heterocycles. The Balaban J connectivity index is 1.70. The van der Waals surface area contributed by atoms with Gasteiger partial charge in [0.15, 0.2) is 40.3 Å². The first-order valence-electron chi connectivity index (χ1n) is 9.96. The molecule has 0 fully saturated rings. The maximum atomic E-state index is 14.0. The highest BCUT2D eigenvalue weighted by molar-refractivity contribution is 7.99. The van der Waals surface area contributed by atoms with Crippen molar-refractivity contribution in [2.24, 2.45) is 5.92 Å². The number of benzene rings is 2. The predicted octanol–water partition coefficient (Wildman–Crippen LogP) is 5.22. The molecular formula is C22H23F3N4O2S. The molecule has 0 aliphatic carbocycles. The molecule has 2 aromatic carbocycles. The van der Waals surface area contributed by atoms with E-state index in [0.717, 1.165) is 23.9 Å². The van der Waals surface area contributed by atoms with Crippen LogP contribution in [0, 0.1) is 23.4 Å². The van der Waals surface area contributed by atoms with Crippen molar-refractivity contribution in [2.45, 2.75) is 38.6 Å². The summed E-state index contributed by atoms with van der Waals surface area (Å²) in [4.78, 5) is 12.3. The fourth-order valence-corrected chi connectivity index (χ4v) is 3.68. The molecular weight excluding hydrogens is 441 g/mol. The number of halogens is 3. The molecule has 6 nitrogen and oxygen atoms in total. The number of carbonyl (C=O) groups is 1. The summed E-state index contributed by atoms with van der Waals surface area (Å²) in [6.45, 7) is 6.37. The fourth-order valence-electron chi connectivity index (χ4n) is 2.93. The highest BCUT2D eigenvalue weighted by atomic mass is 32.2. The largest absolute Gasteiger partial charge is 0.480 e. The molecule has 1 aromatic heterocycles. The second-order valence-electron chi connectivity index (χ2n) is 7.50. The highest BCUT2D eigenvalue weighted by Crippen LogP contribution is 2.27. The van der Waals surface area contributed by atoms with Gasteiger partial charge in [-0.25, -0.2) is 13.2 Å². The van der Waals surface area contributed by atoms with E-state index in [1.807, 2.05) is 18.4 Å². The molecule has 10 heteroatoms. The van der Waals surface area contributed by atoms with Crippen LogP contribution in [0.15, 0.2) is 47.6 Å². The summed E-state index contributed by atoms with van der Waals surface area (Å²) in [6, 6.07) is 9.24. The third kappa shape index (κ3) is 6.03. The van der Waals surface area contributed by atoms with Crippen LogP contribution >= 0.6 is 11.8 Å². The summed E-state index contributed by atoms with van der Waals surface area (Å²) in [6.07, 6.45) is -0.580. The summed E-state index contributed by atoms with van der Waals surface area (Å²) in [5.41, 5.74) is 0.158.